The van der Waals surface area contributed by atoms with Gasteiger partial charge in [0.2, 0.25) is 0 Å². The summed E-state index contributed by atoms with van der Waals surface area (Å²) in [6.45, 7) is 0.570. The smallest absolute Gasteiger partial charge is 0.267 e. The van der Waals surface area contributed by atoms with Gasteiger partial charge in [-0.1, -0.05) is 12.6 Å². The number of rotatable bonds is 11. The first-order valence-electron chi connectivity index (χ1n) is 5.87. The lowest BCUT2D eigenvalue weighted by Crippen LogP contribution is -2.10. The van der Waals surface area contributed by atoms with Gasteiger partial charge in [-0.05, 0) is 31.9 Å². The molecule has 0 heterocycles. The van der Waals surface area contributed by atoms with Crippen molar-refractivity contribution >= 4 is 27.7 Å². The minimum atomic E-state index is 0.0430. The fourth-order valence-corrected chi connectivity index (χ4v) is 2.74. The normalized spacial score (nSPS) is 10.7. The van der Waals surface area contributed by atoms with Gasteiger partial charge < -0.3 is 5.11 Å². The zero-order valence-corrected chi connectivity index (χ0v) is 12.4. The topological polar surface area (TPSA) is 80.3 Å². The van der Waals surface area contributed by atoms with E-state index in [9.17, 15) is 0 Å². The first-order chi connectivity index (χ1) is 8.74. The third-order valence-electron chi connectivity index (χ3n) is 2.23. The molecule has 0 spiro atoms. The Hall–Kier alpha value is -0.295. The maximum atomic E-state index is 8.88. The van der Waals surface area contributed by atoms with Crippen LogP contribution in [0.25, 0.3) is 0 Å². The lowest BCUT2D eigenvalue weighted by atomic mass is 9.45. The van der Waals surface area contributed by atoms with Gasteiger partial charge in [0.1, 0.15) is 8.96 Å². The first kappa shape index (κ1) is 17.7. The van der Waals surface area contributed by atoms with E-state index in [1.807, 2.05) is 17.8 Å². The summed E-state index contributed by atoms with van der Waals surface area (Å²) in [7, 11) is 2.03. The molecule has 0 aromatic carbocycles. The van der Waals surface area contributed by atoms with Crippen molar-refractivity contribution in [1.82, 2.24) is 4.67 Å². The number of nitrogens with zero attached hydrogens (tertiary/aromatic N) is 3. The van der Waals surface area contributed by atoms with E-state index in [-0.39, 0.29) is 22.3 Å². The molecule has 0 aromatic heterocycles. The second-order valence-electron chi connectivity index (χ2n) is 3.84. The van der Waals surface area contributed by atoms with E-state index in [1.54, 1.807) is 0 Å². The predicted molar refractivity (Wildman–Crippen MR) is 77.4 cm³/mol. The maximum absolute atomic E-state index is 8.88. The van der Waals surface area contributed by atoms with Gasteiger partial charge >= 0.3 is 0 Å². The van der Waals surface area contributed by atoms with Crippen molar-refractivity contribution in [3.8, 4) is 12.0 Å². The number of nitriles is 2. The first-order valence-corrected chi connectivity index (χ1v) is 7.63. The molecule has 18 heavy (non-hydrogen) atoms. The summed E-state index contributed by atoms with van der Waals surface area (Å²) in [5.41, 5.74) is 0. The molecule has 0 radical (unpaired) electrons. The number of hydrogen-bond donors (Lipinski definition) is 1. The average molecular weight is 287 g/mol. The van der Waals surface area contributed by atoms with Crippen LogP contribution in [0.1, 0.15) is 12.8 Å². The fraction of sp³-hybridized carbons (Fsp3) is 0.800. The van der Waals surface area contributed by atoms with E-state index in [4.69, 9.17) is 19.6 Å². The molecular weight excluding hydrogens is 268 g/mol. The van der Waals surface area contributed by atoms with Gasteiger partial charge in [0.25, 0.3) is 6.71 Å². The molecule has 1 atom stereocenters. The van der Waals surface area contributed by atoms with E-state index < -0.39 is 0 Å². The summed E-state index contributed by atoms with van der Waals surface area (Å²) >= 11 is 1.39. The van der Waals surface area contributed by atoms with Crippen LogP contribution in [0.3, 0.4) is 0 Å². The van der Waals surface area contributed by atoms with Crippen molar-refractivity contribution < 1.29 is 9.08 Å². The van der Waals surface area contributed by atoms with Gasteiger partial charge in [-0.2, -0.15) is 5.26 Å². The highest BCUT2D eigenvalue weighted by atomic mass is 32.2. The number of aliphatic hydroxyl groups excluding tert-OH is 1. The van der Waals surface area contributed by atoms with Gasteiger partial charge in [0, 0.05) is 18.3 Å². The van der Waals surface area contributed by atoms with Crippen LogP contribution in [0.5, 0.6) is 0 Å². The zero-order valence-electron chi connectivity index (χ0n) is 10.6. The van der Waals surface area contributed by atoms with Crippen LogP contribution in [0.15, 0.2) is 0 Å². The number of aliphatic hydroxyl groups is 1. The van der Waals surface area contributed by atoms with Crippen molar-refractivity contribution in [2.75, 3.05) is 26.0 Å². The molecule has 0 aromatic rings. The summed E-state index contributed by atoms with van der Waals surface area (Å²) in [6, 6.07) is 2.05. The van der Waals surface area contributed by atoms with Crippen LogP contribution < -0.4 is 0 Å². The Bertz CT molecular complexity index is 285. The Morgan fingerprint density at radius 2 is 2.11 bits per heavy atom. The molecule has 0 amide bonds. The molecule has 0 rings (SSSR count). The van der Waals surface area contributed by atoms with Crippen LogP contribution in [0.4, 0.5) is 0 Å². The molecule has 0 saturated heterocycles. The van der Waals surface area contributed by atoms with Crippen molar-refractivity contribution in [3.05, 3.63) is 0 Å². The molecule has 0 aliphatic carbocycles. The van der Waals surface area contributed by atoms with E-state index >= 15 is 0 Å². The van der Waals surface area contributed by atoms with E-state index in [2.05, 4.69) is 5.97 Å². The quantitative estimate of drug-likeness (QED) is 0.206. The standard InChI is InChI=1S/C10H19BN3O2PS/c1-14(7-6-12)17-16-18-9-3-5-11(10-13)4-2-8-15/h15,17H,2-5,7-9H2,1H3. The third-order valence-corrected chi connectivity index (χ3v) is 3.93. The van der Waals surface area contributed by atoms with Crippen molar-refractivity contribution in [1.29, 1.82) is 10.5 Å². The minimum Gasteiger partial charge on any atom is -0.396 e. The summed E-state index contributed by atoms with van der Waals surface area (Å²) in [4.78, 5) is 0. The van der Waals surface area contributed by atoms with Crippen LogP contribution in [0, 0.1) is 22.6 Å². The van der Waals surface area contributed by atoms with Gasteiger partial charge in [0.15, 0.2) is 0 Å². The Balaban J connectivity index is 3.39. The summed E-state index contributed by atoms with van der Waals surface area (Å²) < 4.78 is 7.15. The molecule has 8 heteroatoms. The van der Waals surface area contributed by atoms with Crippen molar-refractivity contribution in [2.24, 2.45) is 0 Å². The highest BCUT2D eigenvalue weighted by Crippen LogP contribution is 2.24. The highest BCUT2D eigenvalue weighted by Gasteiger charge is 2.12. The van der Waals surface area contributed by atoms with Crippen LogP contribution >= 0.6 is 21.0 Å². The second-order valence-corrected chi connectivity index (χ2v) is 6.10. The Labute approximate surface area is 116 Å². The SMILES string of the molecule is CN(CC#N)POSCCCB(C#N)CCCO. The molecule has 5 nitrogen and oxygen atoms in total. The summed E-state index contributed by atoms with van der Waals surface area (Å²) in [5.74, 6) is 3.11. The van der Waals surface area contributed by atoms with E-state index in [0.717, 1.165) is 24.8 Å². The summed E-state index contributed by atoms with van der Waals surface area (Å²) in [5, 5.41) is 26.0. The second kappa shape index (κ2) is 13.1. The minimum absolute atomic E-state index is 0.0430. The molecule has 0 aliphatic rings. The van der Waals surface area contributed by atoms with Gasteiger partial charge in [-0.15, -0.1) is 0 Å². The van der Waals surface area contributed by atoms with Gasteiger partial charge in [-0.3, -0.25) is 8.64 Å². The third kappa shape index (κ3) is 10.8. The molecule has 0 aliphatic heterocycles. The molecule has 1 N–H and O–H groups in total. The Morgan fingerprint density at radius 3 is 2.72 bits per heavy atom. The van der Waals surface area contributed by atoms with E-state index in [0.29, 0.717) is 13.0 Å². The van der Waals surface area contributed by atoms with Crippen LogP contribution in [-0.4, -0.2) is 42.4 Å². The molecule has 0 fully saturated rings. The maximum Gasteiger partial charge on any atom is 0.267 e. The average Bonchev–Trinajstić information content (AvgIpc) is 2.37. The molecule has 0 saturated carbocycles. The van der Waals surface area contributed by atoms with E-state index in [1.165, 1.54) is 12.0 Å². The fourth-order valence-electron chi connectivity index (χ4n) is 1.27. The van der Waals surface area contributed by atoms with Gasteiger partial charge in [0.05, 0.1) is 12.6 Å². The number of hydrogen-bond acceptors (Lipinski definition) is 6. The molecular formula is C10H19BN3O2PS. The molecule has 100 valence electrons. The van der Waals surface area contributed by atoms with Crippen molar-refractivity contribution in [2.45, 2.75) is 25.5 Å². The predicted octanol–water partition coefficient (Wildman–Crippen LogP) is 1.95. The Morgan fingerprint density at radius 1 is 1.39 bits per heavy atom. The van der Waals surface area contributed by atoms with Crippen LogP contribution in [-0.2, 0) is 3.97 Å². The largest absolute Gasteiger partial charge is 0.396 e. The molecule has 1 unspecified atom stereocenters. The van der Waals surface area contributed by atoms with Gasteiger partial charge in [-0.25, -0.2) is 5.26 Å². The lowest BCUT2D eigenvalue weighted by Gasteiger charge is -2.10. The molecule has 0 bridgehead atoms. The van der Waals surface area contributed by atoms with Crippen LogP contribution in [0.2, 0.25) is 12.6 Å². The Kier molecular flexibility index (Phi) is 12.9. The van der Waals surface area contributed by atoms with Crippen molar-refractivity contribution in [3.63, 3.8) is 0 Å². The highest BCUT2D eigenvalue weighted by molar-refractivity contribution is 7.97. The monoisotopic (exact) mass is 287 g/mol. The summed E-state index contributed by atoms with van der Waals surface area (Å²) in [6.07, 6.45) is 3.25. The lowest BCUT2D eigenvalue weighted by molar-refractivity contribution is 0.294. The zero-order chi connectivity index (χ0) is 13.6.